The van der Waals surface area contributed by atoms with Crippen molar-refractivity contribution in [2.75, 3.05) is 0 Å². The van der Waals surface area contributed by atoms with Gasteiger partial charge in [0.25, 0.3) is 0 Å². The number of rotatable bonds is 20. The van der Waals surface area contributed by atoms with Gasteiger partial charge in [-0.3, -0.25) is 0 Å². The van der Waals surface area contributed by atoms with Crippen molar-refractivity contribution in [2.45, 2.75) is 41.5 Å². The smallest absolute Gasteiger partial charge is 0.195 e. The molecule has 696 valence electrons. The maximum absolute atomic E-state index is 2.26. The maximum atomic E-state index is 2.26. The van der Waals surface area contributed by atoms with Gasteiger partial charge in [-0.05, 0) is 41.5 Å². The first kappa shape index (κ1) is 102. The molecule has 0 aromatic heterocycles. The Bertz CT molecular complexity index is 5540. The van der Waals surface area contributed by atoms with Crippen LogP contribution in [0.1, 0.15) is 33.4 Å². The van der Waals surface area contributed by atoms with Gasteiger partial charge in [-0.1, -0.05) is 676 Å². The molecule has 0 aliphatic heterocycles. The second-order valence-electron chi connectivity index (χ2n) is 37.9. The monoisotopic (exact) mass is 1890 g/mol. The molecular formula is C138H124B5V. The Kier molecular flexibility index (Phi) is 36.4. The second kappa shape index (κ2) is 51.3. The summed E-state index contributed by atoms with van der Waals surface area (Å²) in [4.78, 5) is 0. The molecule has 0 atom stereocenters. The van der Waals surface area contributed by atoms with Crippen molar-refractivity contribution in [1.29, 1.82) is 0 Å². The molecule has 0 saturated heterocycles. The average molecular weight is 1890 g/mol. The van der Waals surface area contributed by atoms with Gasteiger partial charge in [-0.25, -0.2) is 0 Å². The van der Waals surface area contributed by atoms with Gasteiger partial charge >= 0.3 is 18.6 Å². The van der Waals surface area contributed by atoms with E-state index in [-0.39, 0.29) is 18.6 Å². The van der Waals surface area contributed by atoms with E-state index >= 15 is 0 Å². The van der Waals surface area contributed by atoms with E-state index in [9.17, 15) is 0 Å². The van der Waals surface area contributed by atoms with Crippen molar-refractivity contribution in [3.05, 3.63) is 676 Å². The van der Waals surface area contributed by atoms with Gasteiger partial charge in [0.15, 0.2) is 0 Å². The third-order valence-electron chi connectivity index (χ3n) is 28.7. The summed E-state index contributed by atoms with van der Waals surface area (Å²) in [6.07, 6.45) is -6.08. The Morgan fingerprint density at radius 3 is 0.181 bits per heavy atom. The minimum atomic E-state index is -1.22. The predicted molar refractivity (Wildman–Crippen MR) is 632 cm³/mol. The first-order chi connectivity index (χ1) is 70.5. The fourth-order valence-corrected chi connectivity index (χ4v) is 23.0. The van der Waals surface area contributed by atoms with E-state index < -0.39 is 30.7 Å². The van der Waals surface area contributed by atoms with E-state index in [1.165, 1.54) is 143 Å². The van der Waals surface area contributed by atoms with Crippen LogP contribution in [0.2, 0.25) is 0 Å². The summed E-state index contributed by atoms with van der Waals surface area (Å²) in [5.41, 5.74) is 34.9. The fourth-order valence-electron chi connectivity index (χ4n) is 23.0. The van der Waals surface area contributed by atoms with Crippen LogP contribution in [-0.2, 0) is 18.6 Å². The molecule has 0 bridgehead atoms. The van der Waals surface area contributed by atoms with Crippen molar-refractivity contribution in [3.8, 4) is 0 Å². The summed E-state index contributed by atoms with van der Waals surface area (Å²) in [6, 6.07) is 231. The van der Waals surface area contributed by atoms with Crippen LogP contribution in [0.5, 0.6) is 0 Å². The zero-order valence-corrected chi connectivity index (χ0v) is 84.9. The summed E-state index contributed by atoms with van der Waals surface area (Å²) in [7, 11) is 0. The average Bonchev–Trinajstić information content (AvgIpc) is 0.757. The molecule has 0 heterocycles. The van der Waals surface area contributed by atoms with Gasteiger partial charge in [0.1, 0.15) is 30.7 Å². The van der Waals surface area contributed by atoms with Crippen LogP contribution in [0.15, 0.2) is 643 Å². The topological polar surface area (TPSA) is 0 Å². The maximum Gasteiger partial charge on any atom is 5.00 e. The van der Waals surface area contributed by atoms with Crippen LogP contribution < -0.4 is 109 Å². The first-order valence-electron chi connectivity index (χ1n) is 50.5. The molecular weight excluding hydrogens is 1760 g/mol. The standard InChI is InChI=1S/5C24H20B.2C9H12.V/c5*1-5-13-21(14-6-1)25(22-15-7-2-8-16-22,23-17-9-3-10-18-23)24-19-11-4-12-20-24;2*1-7-4-8(2)6-9(3)5-7;/h5*1-20H;2*4-6H,1-3H3;/q5*-1;;;+5. The van der Waals surface area contributed by atoms with E-state index in [4.69, 9.17) is 0 Å². The van der Waals surface area contributed by atoms with E-state index in [0.29, 0.717) is 0 Å². The minimum absolute atomic E-state index is 0. The van der Waals surface area contributed by atoms with Crippen LogP contribution >= 0.6 is 0 Å². The van der Waals surface area contributed by atoms with Gasteiger partial charge in [0.05, 0.1) is 0 Å². The van der Waals surface area contributed by atoms with Crippen LogP contribution in [-0.4, -0.2) is 30.7 Å². The van der Waals surface area contributed by atoms with Crippen LogP contribution in [0.4, 0.5) is 0 Å². The van der Waals surface area contributed by atoms with Crippen LogP contribution in [0.3, 0.4) is 0 Å². The van der Waals surface area contributed by atoms with E-state index in [1.807, 2.05) is 0 Å². The van der Waals surface area contributed by atoms with Crippen molar-refractivity contribution < 1.29 is 18.6 Å². The molecule has 6 heteroatoms. The fraction of sp³-hybridized carbons (Fsp3) is 0.0435. The molecule has 0 radical (unpaired) electrons. The van der Waals surface area contributed by atoms with Gasteiger partial charge in [0, 0.05) is 0 Å². The van der Waals surface area contributed by atoms with Crippen LogP contribution in [0.25, 0.3) is 0 Å². The molecule has 0 spiro atoms. The van der Waals surface area contributed by atoms with Gasteiger partial charge in [-0.2, -0.15) is 109 Å². The molecule has 0 aliphatic rings. The largest absolute Gasteiger partial charge is 5.00 e. The van der Waals surface area contributed by atoms with Crippen molar-refractivity contribution in [1.82, 2.24) is 0 Å². The molecule has 0 N–H and O–H groups in total. The Labute approximate surface area is 869 Å². The zero-order valence-electron chi connectivity index (χ0n) is 83.5. The second-order valence-corrected chi connectivity index (χ2v) is 37.9. The summed E-state index contributed by atoms with van der Waals surface area (Å²) in [6.45, 7) is 12.8. The number of benzene rings is 22. The normalized spacial score (nSPS) is 10.9. The summed E-state index contributed by atoms with van der Waals surface area (Å²) >= 11 is 0. The SMILES string of the molecule is Cc1cc(C)cc(C)c1.Cc1cc(C)cc(C)c1.[V+5].c1ccc([B-](c2ccccc2)(c2ccccc2)c2ccccc2)cc1.c1ccc([B-](c2ccccc2)(c2ccccc2)c2ccccc2)cc1.c1ccc([B-](c2ccccc2)(c2ccccc2)c2ccccc2)cc1.c1ccc([B-](c2ccccc2)(c2ccccc2)c2ccccc2)cc1.c1ccc([B-](c2ccccc2)(c2ccccc2)c2ccccc2)cc1. The van der Waals surface area contributed by atoms with Crippen LogP contribution in [0, 0.1) is 41.5 Å². The predicted octanol–water partition coefficient (Wildman–Crippen LogP) is 20.5. The number of hydrogen-bond acceptors (Lipinski definition) is 0. The molecule has 22 rings (SSSR count). The number of hydrogen-bond donors (Lipinski definition) is 0. The van der Waals surface area contributed by atoms with E-state index in [2.05, 4.69) is 685 Å². The first-order valence-corrected chi connectivity index (χ1v) is 50.5. The summed E-state index contributed by atoms with van der Waals surface area (Å²) in [5, 5.41) is 0. The zero-order chi connectivity index (χ0) is 98.5. The molecule has 0 amide bonds. The van der Waals surface area contributed by atoms with Crippen molar-refractivity contribution in [2.24, 2.45) is 0 Å². The van der Waals surface area contributed by atoms with Crippen molar-refractivity contribution >= 4 is 140 Å². The Morgan fingerprint density at radius 2 is 0.132 bits per heavy atom. The Balaban J connectivity index is 0.000000129. The molecule has 0 aliphatic carbocycles. The molecule has 0 fully saturated rings. The quantitative estimate of drug-likeness (QED) is 0.0667. The van der Waals surface area contributed by atoms with Gasteiger partial charge in [0.2, 0.25) is 0 Å². The summed E-state index contributed by atoms with van der Waals surface area (Å²) in [5.74, 6) is 0. The van der Waals surface area contributed by atoms with Gasteiger partial charge in [-0.15, -0.1) is 0 Å². The van der Waals surface area contributed by atoms with Crippen molar-refractivity contribution in [3.63, 3.8) is 0 Å². The minimum Gasteiger partial charge on any atom is -0.195 e. The third kappa shape index (κ3) is 23.6. The molecule has 22 aromatic rings. The molecule has 144 heavy (non-hydrogen) atoms. The molecule has 22 aromatic carbocycles. The van der Waals surface area contributed by atoms with E-state index in [1.54, 1.807) is 0 Å². The molecule has 0 saturated carbocycles. The third-order valence-corrected chi connectivity index (χ3v) is 28.7. The Morgan fingerprint density at radius 1 is 0.0833 bits per heavy atom. The number of aryl methyl sites for hydroxylation is 6. The summed E-state index contributed by atoms with van der Waals surface area (Å²) < 4.78 is 0. The van der Waals surface area contributed by atoms with E-state index in [0.717, 1.165) is 0 Å². The molecule has 0 nitrogen and oxygen atoms in total. The molecule has 0 unspecified atom stereocenters. The Hall–Kier alpha value is -16.3. The van der Waals surface area contributed by atoms with Gasteiger partial charge < -0.3 is 0 Å².